The van der Waals surface area contributed by atoms with Crippen molar-refractivity contribution in [1.29, 1.82) is 0 Å². The number of rotatable bonds is 6. The van der Waals surface area contributed by atoms with E-state index in [9.17, 15) is 0 Å². The van der Waals surface area contributed by atoms with Crippen LogP contribution in [0.4, 0.5) is 5.82 Å². The monoisotopic (exact) mass is 289 g/mol. The largest absolute Gasteiger partial charge is 0.352 e. The zero-order valence-electron chi connectivity index (χ0n) is 12.3. The number of nitrogens with two attached hydrogens (primary N) is 1. The topological polar surface area (TPSA) is 87.0 Å². The van der Waals surface area contributed by atoms with Gasteiger partial charge in [0.05, 0.1) is 6.33 Å². The maximum Gasteiger partial charge on any atom is 0.182 e. The third-order valence-electron chi connectivity index (χ3n) is 4.05. The van der Waals surface area contributed by atoms with Gasteiger partial charge in [0.25, 0.3) is 0 Å². The molecule has 0 atom stereocenters. The number of aromatic amines is 1. The summed E-state index contributed by atoms with van der Waals surface area (Å²) in [6.45, 7) is 6.16. The first-order valence-electron chi connectivity index (χ1n) is 7.70. The molecule has 1 saturated heterocycles. The Kier molecular flexibility index (Phi) is 4.62. The highest BCUT2D eigenvalue weighted by atomic mass is 15.3. The van der Waals surface area contributed by atoms with E-state index in [1.54, 1.807) is 12.7 Å². The lowest BCUT2D eigenvalue weighted by atomic mass is 10.2. The molecule has 0 amide bonds. The summed E-state index contributed by atoms with van der Waals surface area (Å²) < 4.78 is 0. The van der Waals surface area contributed by atoms with Crippen molar-refractivity contribution in [3.05, 3.63) is 12.7 Å². The Morgan fingerprint density at radius 3 is 2.71 bits per heavy atom. The van der Waals surface area contributed by atoms with E-state index in [4.69, 9.17) is 5.73 Å². The molecule has 1 aliphatic heterocycles. The maximum atomic E-state index is 5.53. The molecule has 3 N–H and O–H groups in total. The number of imidazole rings is 1. The molecule has 2 aromatic heterocycles. The van der Waals surface area contributed by atoms with Gasteiger partial charge in [-0.3, -0.25) is 4.90 Å². The predicted molar refractivity (Wildman–Crippen MR) is 83.2 cm³/mol. The first-order valence-corrected chi connectivity index (χ1v) is 7.70. The maximum absolute atomic E-state index is 5.53. The summed E-state index contributed by atoms with van der Waals surface area (Å²) in [7, 11) is 0. The van der Waals surface area contributed by atoms with Crippen molar-refractivity contribution >= 4 is 17.0 Å². The van der Waals surface area contributed by atoms with Crippen LogP contribution >= 0.6 is 0 Å². The zero-order valence-corrected chi connectivity index (χ0v) is 12.3. The molecule has 0 unspecified atom stereocenters. The second-order valence-corrected chi connectivity index (χ2v) is 5.48. The average molecular weight is 289 g/mol. The smallest absolute Gasteiger partial charge is 0.182 e. The van der Waals surface area contributed by atoms with Gasteiger partial charge in [-0.15, -0.1) is 0 Å². The molecule has 0 bridgehead atoms. The van der Waals surface area contributed by atoms with Crippen molar-refractivity contribution in [2.45, 2.75) is 19.3 Å². The quantitative estimate of drug-likeness (QED) is 0.757. The van der Waals surface area contributed by atoms with Crippen LogP contribution in [0, 0.1) is 0 Å². The first kappa shape index (κ1) is 14.2. The van der Waals surface area contributed by atoms with E-state index >= 15 is 0 Å². The van der Waals surface area contributed by atoms with Crippen LogP contribution in [0.5, 0.6) is 0 Å². The molecule has 0 spiro atoms. The van der Waals surface area contributed by atoms with Crippen LogP contribution in [0.3, 0.4) is 0 Å². The number of aromatic nitrogens is 4. The number of H-pyrrole nitrogens is 1. The first-order chi connectivity index (χ1) is 10.4. The molecule has 3 heterocycles. The van der Waals surface area contributed by atoms with Crippen LogP contribution < -0.4 is 10.6 Å². The van der Waals surface area contributed by atoms with E-state index < -0.39 is 0 Å². The van der Waals surface area contributed by atoms with Gasteiger partial charge in [-0.05, 0) is 25.9 Å². The molecule has 0 aromatic carbocycles. The number of unbranched alkanes of at least 4 members (excludes halogenated alkanes) is 2. The van der Waals surface area contributed by atoms with Gasteiger partial charge in [0.15, 0.2) is 11.5 Å². The Morgan fingerprint density at radius 2 is 1.90 bits per heavy atom. The van der Waals surface area contributed by atoms with Gasteiger partial charge in [-0.1, -0.05) is 6.42 Å². The fourth-order valence-corrected chi connectivity index (χ4v) is 2.83. The van der Waals surface area contributed by atoms with Crippen molar-refractivity contribution in [3.63, 3.8) is 0 Å². The number of nitrogens with zero attached hydrogens (tertiary/aromatic N) is 5. The molecule has 7 heteroatoms. The Labute approximate surface area is 124 Å². The van der Waals surface area contributed by atoms with Crippen LogP contribution in [0.1, 0.15) is 19.3 Å². The number of hydrogen-bond donors (Lipinski definition) is 2. The van der Waals surface area contributed by atoms with E-state index in [0.717, 1.165) is 56.1 Å². The normalized spacial score (nSPS) is 16.7. The number of fused-ring (bicyclic) bond motifs is 1. The van der Waals surface area contributed by atoms with Crippen molar-refractivity contribution in [3.8, 4) is 0 Å². The fourth-order valence-electron chi connectivity index (χ4n) is 2.83. The van der Waals surface area contributed by atoms with Crippen LogP contribution in [0.25, 0.3) is 11.2 Å². The molecule has 0 aliphatic carbocycles. The summed E-state index contributed by atoms with van der Waals surface area (Å²) in [4.78, 5) is 20.8. The molecular weight excluding hydrogens is 266 g/mol. The Hall–Kier alpha value is -1.73. The molecule has 7 nitrogen and oxygen atoms in total. The molecule has 2 aromatic rings. The highest BCUT2D eigenvalue weighted by Crippen LogP contribution is 2.20. The van der Waals surface area contributed by atoms with Gasteiger partial charge in [0, 0.05) is 26.2 Å². The minimum Gasteiger partial charge on any atom is -0.352 e. The summed E-state index contributed by atoms with van der Waals surface area (Å²) in [6.07, 6.45) is 6.89. The van der Waals surface area contributed by atoms with E-state index in [1.807, 2.05) is 0 Å². The van der Waals surface area contributed by atoms with Crippen molar-refractivity contribution in [2.24, 2.45) is 5.73 Å². The third-order valence-corrected chi connectivity index (χ3v) is 4.05. The highest BCUT2D eigenvalue weighted by Gasteiger charge is 2.20. The predicted octanol–water partition coefficient (Wildman–Crippen LogP) is 0.604. The Bertz CT molecular complexity index is 559. The van der Waals surface area contributed by atoms with Crippen LogP contribution in [-0.4, -0.2) is 64.1 Å². The number of piperazine rings is 1. The van der Waals surface area contributed by atoms with Crippen LogP contribution in [-0.2, 0) is 0 Å². The second-order valence-electron chi connectivity index (χ2n) is 5.48. The minimum absolute atomic E-state index is 0.740. The lowest BCUT2D eigenvalue weighted by molar-refractivity contribution is 0.252. The van der Waals surface area contributed by atoms with Gasteiger partial charge in [-0.2, -0.15) is 0 Å². The number of hydrogen-bond acceptors (Lipinski definition) is 6. The molecule has 0 radical (unpaired) electrons. The molecule has 3 rings (SSSR count). The summed E-state index contributed by atoms with van der Waals surface area (Å²) in [6, 6.07) is 0. The lowest BCUT2D eigenvalue weighted by Gasteiger charge is -2.35. The van der Waals surface area contributed by atoms with Crippen molar-refractivity contribution < 1.29 is 0 Å². The van der Waals surface area contributed by atoms with E-state index in [0.29, 0.717) is 0 Å². The fraction of sp³-hybridized carbons (Fsp3) is 0.643. The molecule has 0 saturated carbocycles. The van der Waals surface area contributed by atoms with E-state index in [1.165, 1.54) is 19.4 Å². The summed E-state index contributed by atoms with van der Waals surface area (Å²) in [5.74, 6) is 0.972. The number of anilines is 1. The van der Waals surface area contributed by atoms with Gasteiger partial charge in [-0.25, -0.2) is 15.0 Å². The zero-order chi connectivity index (χ0) is 14.5. The molecule has 114 valence electrons. The van der Waals surface area contributed by atoms with Gasteiger partial charge in [0.2, 0.25) is 0 Å². The van der Waals surface area contributed by atoms with Gasteiger partial charge in [0.1, 0.15) is 11.8 Å². The van der Waals surface area contributed by atoms with Crippen molar-refractivity contribution in [1.82, 2.24) is 24.8 Å². The second kappa shape index (κ2) is 6.82. The molecule has 1 fully saturated rings. The standard InChI is InChI=1S/C14H23N7/c15-4-2-1-3-5-20-6-8-21(9-7-20)14-12-13(17-10-16-12)18-11-19-14/h10-11H,1-9,15H2,(H,16,17,18,19). The SMILES string of the molecule is NCCCCCN1CCN(c2ncnc3nc[nH]c23)CC1. The lowest BCUT2D eigenvalue weighted by Crippen LogP contribution is -2.47. The summed E-state index contributed by atoms with van der Waals surface area (Å²) >= 11 is 0. The molecular formula is C14H23N7. The van der Waals surface area contributed by atoms with Gasteiger partial charge >= 0.3 is 0 Å². The van der Waals surface area contributed by atoms with E-state index in [-0.39, 0.29) is 0 Å². The molecule has 1 aliphatic rings. The van der Waals surface area contributed by atoms with E-state index in [2.05, 4.69) is 29.7 Å². The average Bonchev–Trinajstić information content (AvgIpc) is 3.01. The highest BCUT2D eigenvalue weighted by molar-refractivity contribution is 5.82. The van der Waals surface area contributed by atoms with Crippen LogP contribution in [0.2, 0.25) is 0 Å². The molecule has 21 heavy (non-hydrogen) atoms. The number of nitrogens with one attached hydrogen (secondary N) is 1. The Morgan fingerprint density at radius 1 is 1.05 bits per heavy atom. The minimum atomic E-state index is 0.740. The van der Waals surface area contributed by atoms with Crippen molar-refractivity contribution in [2.75, 3.05) is 44.2 Å². The van der Waals surface area contributed by atoms with Gasteiger partial charge < -0.3 is 15.6 Å². The third kappa shape index (κ3) is 3.30. The summed E-state index contributed by atoms with van der Waals surface area (Å²) in [5.41, 5.74) is 7.21. The Balaban J connectivity index is 1.55. The van der Waals surface area contributed by atoms with Crippen LogP contribution in [0.15, 0.2) is 12.7 Å². The summed E-state index contributed by atoms with van der Waals surface area (Å²) in [5, 5.41) is 0.